The fourth-order valence-electron chi connectivity index (χ4n) is 2.43. The van der Waals surface area contributed by atoms with Crippen LogP contribution in [0.2, 0.25) is 0 Å². The summed E-state index contributed by atoms with van der Waals surface area (Å²) >= 11 is 0. The highest BCUT2D eigenvalue weighted by Gasteiger charge is 2.11. The van der Waals surface area contributed by atoms with Gasteiger partial charge in [0.2, 0.25) is 0 Å². The first-order valence-corrected chi connectivity index (χ1v) is 7.57. The molecule has 2 aromatic heterocycles. The normalized spacial score (nSPS) is 10.6. The lowest BCUT2D eigenvalue weighted by Crippen LogP contribution is -2.23. The van der Waals surface area contributed by atoms with Gasteiger partial charge < -0.3 is 10.4 Å². The number of phenols is 1. The predicted octanol–water partition coefficient (Wildman–Crippen LogP) is 2.52. The Morgan fingerprint density at radius 2 is 2.00 bits per heavy atom. The lowest BCUT2D eigenvalue weighted by molar-refractivity contribution is 0.0948. The first-order valence-electron chi connectivity index (χ1n) is 7.57. The molecule has 6 nitrogen and oxygen atoms in total. The molecule has 0 aliphatic rings. The number of pyridine rings is 1. The number of imidazole rings is 1. The number of aromatic nitrogens is 3. The van der Waals surface area contributed by atoms with Gasteiger partial charge in [-0.2, -0.15) is 0 Å². The second kappa shape index (κ2) is 6.54. The highest BCUT2D eigenvalue weighted by molar-refractivity contribution is 5.96. The fourth-order valence-corrected chi connectivity index (χ4v) is 2.43. The van der Waals surface area contributed by atoms with Gasteiger partial charge in [-0.05, 0) is 49.2 Å². The lowest BCUT2D eigenvalue weighted by Gasteiger charge is -2.09. The summed E-state index contributed by atoms with van der Waals surface area (Å²) in [5.41, 5.74) is 2.08. The smallest absolute Gasteiger partial charge is 0.255 e. The van der Waals surface area contributed by atoms with Gasteiger partial charge in [0.1, 0.15) is 17.4 Å². The van der Waals surface area contributed by atoms with Crippen LogP contribution < -0.4 is 5.32 Å². The van der Waals surface area contributed by atoms with E-state index in [-0.39, 0.29) is 17.2 Å². The molecule has 3 aromatic rings. The van der Waals surface area contributed by atoms with Crippen LogP contribution in [0.25, 0.3) is 5.82 Å². The Labute approximate surface area is 139 Å². The maximum absolute atomic E-state index is 12.2. The number of amides is 1. The molecule has 3 rings (SSSR count). The number of nitrogens with one attached hydrogen (secondary N) is 1. The van der Waals surface area contributed by atoms with Crippen molar-refractivity contribution in [3.8, 4) is 11.6 Å². The van der Waals surface area contributed by atoms with Crippen molar-refractivity contribution in [2.24, 2.45) is 0 Å². The van der Waals surface area contributed by atoms with E-state index < -0.39 is 0 Å². The zero-order valence-electron chi connectivity index (χ0n) is 13.5. The number of aromatic hydroxyl groups is 1. The van der Waals surface area contributed by atoms with Crippen molar-refractivity contribution in [2.45, 2.75) is 20.4 Å². The number of rotatable bonds is 4. The molecular formula is C18H18N4O2. The highest BCUT2D eigenvalue weighted by atomic mass is 16.3. The van der Waals surface area contributed by atoms with Crippen LogP contribution >= 0.6 is 0 Å². The van der Waals surface area contributed by atoms with Crippen LogP contribution in [0, 0.1) is 13.8 Å². The first-order chi connectivity index (χ1) is 11.5. The summed E-state index contributed by atoms with van der Waals surface area (Å²) in [6, 6.07) is 8.71. The number of hydrogen-bond donors (Lipinski definition) is 2. The second-order valence-electron chi connectivity index (χ2n) is 5.57. The van der Waals surface area contributed by atoms with E-state index in [0.717, 1.165) is 22.8 Å². The van der Waals surface area contributed by atoms with Gasteiger partial charge in [0.15, 0.2) is 0 Å². The maximum Gasteiger partial charge on any atom is 0.255 e. The Balaban J connectivity index is 1.73. The summed E-state index contributed by atoms with van der Waals surface area (Å²) in [5, 5.41) is 12.7. The van der Waals surface area contributed by atoms with E-state index in [1.165, 1.54) is 0 Å². The summed E-state index contributed by atoms with van der Waals surface area (Å²) < 4.78 is 1.87. The van der Waals surface area contributed by atoms with Gasteiger partial charge in [-0.25, -0.2) is 9.97 Å². The SMILES string of the molecule is Cc1ccc(C(=O)NCc2ccnc(-n3ccnc3C)c2)c(O)c1. The van der Waals surface area contributed by atoms with Crippen molar-refractivity contribution in [1.82, 2.24) is 19.9 Å². The van der Waals surface area contributed by atoms with Gasteiger partial charge in [-0.15, -0.1) is 0 Å². The molecule has 24 heavy (non-hydrogen) atoms. The number of carbonyl (C=O) groups excluding carboxylic acids is 1. The molecule has 0 aliphatic heterocycles. The van der Waals surface area contributed by atoms with Crippen LogP contribution in [0.4, 0.5) is 0 Å². The molecule has 0 unspecified atom stereocenters. The number of aryl methyl sites for hydroxylation is 2. The van der Waals surface area contributed by atoms with E-state index in [2.05, 4.69) is 15.3 Å². The molecule has 1 aromatic carbocycles. The van der Waals surface area contributed by atoms with Crippen LogP contribution in [0.3, 0.4) is 0 Å². The molecule has 0 saturated heterocycles. The van der Waals surface area contributed by atoms with Crippen LogP contribution in [-0.2, 0) is 6.54 Å². The third-order valence-corrected chi connectivity index (χ3v) is 3.73. The van der Waals surface area contributed by atoms with Crippen molar-refractivity contribution in [2.75, 3.05) is 0 Å². The Morgan fingerprint density at radius 3 is 2.71 bits per heavy atom. The van der Waals surface area contributed by atoms with Crippen molar-refractivity contribution >= 4 is 5.91 Å². The van der Waals surface area contributed by atoms with E-state index >= 15 is 0 Å². The summed E-state index contributed by atoms with van der Waals surface area (Å²) in [4.78, 5) is 20.7. The summed E-state index contributed by atoms with van der Waals surface area (Å²) in [7, 11) is 0. The zero-order chi connectivity index (χ0) is 17.1. The monoisotopic (exact) mass is 322 g/mol. The molecule has 6 heteroatoms. The van der Waals surface area contributed by atoms with Crippen molar-refractivity contribution < 1.29 is 9.90 Å². The number of phenolic OH excluding ortho intramolecular Hbond substituents is 1. The van der Waals surface area contributed by atoms with Gasteiger partial charge in [-0.1, -0.05) is 6.07 Å². The first kappa shape index (κ1) is 15.7. The summed E-state index contributed by atoms with van der Waals surface area (Å²) in [6.07, 6.45) is 5.25. The van der Waals surface area contributed by atoms with Crippen molar-refractivity contribution in [1.29, 1.82) is 0 Å². The topological polar surface area (TPSA) is 80.0 Å². The Hall–Kier alpha value is -3.15. The number of benzene rings is 1. The van der Waals surface area contributed by atoms with Gasteiger partial charge >= 0.3 is 0 Å². The molecule has 2 heterocycles. The molecule has 0 saturated carbocycles. The highest BCUT2D eigenvalue weighted by Crippen LogP contribution is 2.18. The Morgan fingerprint density at radius 1 is 1.17 bits per heavy atom. The molecule has 122 valence electrons. The molecular weight excluding hydrogens is 304 g/mol. The molecule has 0 aliphatic carbocycles. The van der Waals surface area contributed by atoms with Gasteiger partial charge in [-0.3, -0.25) is 9.36 Å². The Bertz CT molecular complexity index is 886. The summed E-state index contributed by atoms with van der Waals surface area (Å²) in [6.45, 7) is 4.10. The van der Waals surface area contributed by atoms with Crippen LogP contribution in [0.5, 0.6) is 5.75 Å². The molecule has 0 atom stereocenters. The molecule has 2 N–H and O–H groups in total. The largest absolute Gasteiger partial charge is 0.507 e. The summed E-state index contributed by atoms with van der Waals surface area (Å²) in [5.74, 6) is 1.25. The van der Waals surface area contributed by atoms with Crippen molar-refractivity contribution in [3.05, 3.63) is 71.4 Å². The molecule has 1 amide bonds. The van der Waals surface area contributed by atoms with Gasteiger partial charge in [0, 0.05) is 25.1 Å². The van der Waals surface area contributed by atoms with Crippen LogP contribution in [0.1, 0.15) is 27.3 Å². The third kappa shape index (κ3) is 3.27. The van der Waals surface area contributed by atoms with E-state index in [1.807, 2.05) is 36.7 Å². The number of hydrogen-bond acceptors (Lipinski definition) is 4. The van der Waals surface area contributed by atoms with E-state index in [9.17, 15) is 9.90 Å². The molecule has 0 fully saturated rings. The minimum Gasteiger partial charge on any atom is -0.507 e. The van der Waals surface area contributed by atoms with E-state index in [1.54, 1.807) is 30.6 Å². The van der Waals surface area contributed by atoms with Gasteiger partial charge in [0.05, 0.1) is 5.56 Å². The predicted molar refractivity (Wildman–Crippen MR) is 90.1 cm³/mol. The zero-order valence-corrected chi connectivity index (χ0v) is 13.5. The second-order valence-corrected chi connectivity index (χ2v) is 5.57. The maximum atomic E-state index is 12.2. The quantitative estimate of drug-likeness (QED) is 0.773. The lowest BCUT2D eigenvalue weighted by atomic mass is 10.1. The fraction of sp³-hybridized carbons (Fsp3) is 0.167. The van der Waals surface area contributed by atoms with E-state index in [4.69, 9.17) is 0 Å². The van der Waals surface area contributed by atoms with Crippen LogP contribution in [-0.4, -0.2) is 25.5 Å². The average Bonchev–Trinajstić information content (AvgIpc) is 2.99. The minimum atomic E-state index is -0.315. The minimum absolute atomic E-state index is 0.0167. The molecule has 0 radical (unpaired) electrons. The van der Waals surface area contributed by atoms with Gasteiger partial charge in [0.25, 0.3) is 5.91 Å². The molecule has 0 spiro atoms. The third-order valence-electron chi connectivity index (χ3n) is 3.73. The average molecular weight is 322 g/mol. The number of carbonyl (C=O) groups is 1. The van der Waals surface area contributed by atoms with Crippen molar-refractivity contribution in [3.63, 3.8) is 0 Å². The standard InChI is InChI=1S/C18H18N4O2/c1-12-3-4-15(16(23)9-12)18(24)21-11-14-5-6-20-17(10-14)22-8-7-19-13(22)2/h3-10,23H,11H2,1-2H3,(H,21,24). The number of nitrogens with zero attached hydrogens (tertiary/aromatic N) is 3. The molecule has 0 bridgehead atoms. The van der Waals surface area contributed by atoms with Crippen LogP contribution in [0.15, 0.2) is 48.9 Å². The Kier molecular flexibility index (Phi) is 4.29. The van der Waals surface area contributed by atoms with E-state index in [0.29, 0.717) is 6.54 Å².